The standard InChI is InChI=1S/C16H14F3NO2/c1-10-7-15(20(21)22)11(2)6-13(10)8-12-4-3-5-14(9-12)16(17,18)19/h3-7,9H,8H2,1-2H3. The molecular formula is C16H14F3NO2. The molecule has 0 saturated carbocycles. The number of rotatable bonds is 3. The summed E-state index contributed by atoms with van der Waals surface area (Å²) in [6, 6.07) is 8.23. The number of hydrogen-bond acceptors (Lipinski definition) is 2. The first kappa shape index (κ1) is 16.0. The number of nitro groups is 1. The first-order valence-electron chi connectivity index (χ1n) is 6.59. The molecule has 116 valence electrons. The third kappa shape index (κ3) is 3.44. The summed E-state index contributed by atoms with van der Waals surface area (Å²) in [6.07, 6.45) is -4.08. The van der Waals surface area contributed by atoms with Crippen LogP contribution in [-0.4, -0.2) is 4.92 Å². The van der Waals surface area contributed by atoms with Gasteiger partial charge in [0.1, 0.15) is 0 Å². The van der Waals surface area contributed by atoms with Crippen LogP contribution in [0.1, 0.15) is 27.8 Å². The summed E-state index contributed by atoms with van der Waals surface area (Å²) in [5.41, 5.74) is 1.81. The van der Waals surface area contributed by atoms with Crippen molar-refractivity contribution in [2.24, 2.45) is 0 Å². The number of halogens is 3. The zero-order valence-electron chi connectivity index (χ0n) is 12.1. The van der Waals surface area contributed by atoms with Gasteiger partial charge in [0, 0.05) is 11.6 Å². The minimum Gasteiger partial charge on any atom is -0.258 e. The highest BCUT2D eigenvalue weighted by molar-refractivity contribution is 5.47. The quantitative estimate of drug-likeness (QED) is 0.602. The minimum absolute atomic E-state index is 0.0188. The van der Waals surface area contributed by atoms with Crippen LogP contribution >= 0.6 is 0 Å². The molecule has 0 heterocycles. The Morgan fingerprint density at radius 3 is 2.36 bits per heavy atom. The number of nitrogens with zero attached hydrogens (tertiary/aromatic N) is 1. The lowest BCUT2D eigenvalue weighted by Crippen LogP contribution is -2.05. The summed E-state index contributed by atoms with van der Waals surface area (Å²) >= 11 is 0. The molecule has 2 aromatic carbocycles. The molecular weight excluding hydrogens is 295 g/mol. The van der Waals surface area contributed by atoms with Gasteiger partial charge < -0.3 is 0 Å². The predicted octanol–water partition coefficient (Wildman–Crippen LogP) is 4.82. The predicted molar refractivity (Wildman–Crippen MR) is 76.8 cm³/mol. The van der Waals surface area contributed by atoms with E-state index in [4.69, 9.17) is 0 Å². The summed E-state index contributed by atoms with van der Waals surface area (Å²) in [5, 5.41) is 10.9. The van der Waals surface area contributed by atoms with Gasteiger partial charge in [-0.1, -0.05) is 18.2 Å². The Morgan fingerprint density at radius 1 is 1.09 bits per heavy atom. The SMILES string of the molecule is Cc1cc([N+](=O)[O-])c(C)cc1Cc1cccc(C(F)(F)F)c1. The van der Waals surface area contributed by atoms with Crippen molar-refractivity contribution in [2.75, 3.05) is 0 Å². The Balaban J connectivity index is 2.36. The lowest BCUT2D eigenvalue weighted by Gasteiger charge is -2.11. The van der Waals surface area contributed by atoms with Crippen LogP contribution in [0.5, 0.6) is 0 Å². The van der Waals surface area contributed by atoms with Crippen molar-refractivity contribution in [3.8, 4) is 0 Å². The molecule has 0 fully saturated rings. The molecule has 0 atom stereocenters. The fourth-order valence-electron chi connectivity index (χ4n) is 2.33. The number of hydrogen-bond donors (Lipinski definition) is 0. The molecule has 0 spiro atoms. The van der Waals surface area contributed by atoms with E-state index in [0.29, 0.717) is 23.1 Å². The van der Waals surface area contributed by atoms with E-state index in [-0.39, 0.29) is 5.69 Å². The maximum atomic E-state index is 12.7. The van der Waals surface area contributed by atoms with Crippen molar-refractivity contribution in [1.29, 1.82) is 0 Å². The van der Waals surface area contributed by atoms with E-state index in [2.05, 4.69) is 0 Å². The molecule has 6 heteroatoms. The van der Waals surface area contributed by atoms with E-state index in [9.17, 15) is 23.3 Å². The summed E-state index contributed by atoms with van der Waals surface area (Å²) in [7, 11) is 0. The second-order valence-corrected chi connectivity index (χ2v) is 5.20. The van der Waals surface area contributed by atoms with Crippen molar-refractivity contribution in [3.05, 3.63) is 74.3 Å². The van der Waals surface area contributed by atoms with Gasteiger partial charge in [-0.15, -0.1) is 0 Å². The van der Waals surface area contributed by atoms with E-state index in [1.54, 1.807) is 26.0 Å². The summed E-state index contributed by atoms with van der Waals surface area (Å²) in [5.74, 6) is 0. The number of alkyl halides is 3. The first-order chi connectivity index (χ1) is 10.2. The summed E-state index contributed by atoms with van der Waals surface area (Å²) in [6.45, 7) is 3.34. The zero-order valence-corrected chi connectivity index (χ0v) is 12.1. The summed E-state index contributed by atoms with van der Waals surface area (Å²) < 4.78 is 38.2. The van der Waals surface area contributed by atoms with E-state index in [0.717, 1.165) is 17.7 Å². The van der Waals surface area contributed by atoms with Gasteiger partial charge in [0.05, 0.1) is 10.5 Å². The monoisotopic (exact) mass is 309 g/mol. The Bertz CT molecular complexity index is 724. The van der Waals surface area contributed by atoms with Gasteiger partial charge in [0.25, 0.3) is 5.69 Å². The minimum atomic E-state index is -4.38. The van der Waals surface area contributed by atoms with Gasteiger partial charge in [-0.3, -0.25) is 10.1 Å². The van der Waals surface area contributed by atoms with Gasteiger partial charge in [-0.2, -0.15) is 13.2 Å². The highest BCUT2D eigenvalue weighted by atomic mass is 19.4. The largest absolute Gasteiger partial charge is 0.416 e. The van der Waals surface area contributed by atoms with Gasteiger partial charge in [-0.25, -0.2) is 0 Å². The van der Waals surface area contributed by atoms with Gasteiger partial charge >= 0.3 is 6.18 Å². The third-order valence-electron chi connectivity index (χ3n) is 3.50. The molecule has 2 aromatic rings. The van der Waals surface area contributed by atoms with E-state index < -0.39 is 16.7 Å². The Morgan fingerprint density at radius 2 is 1.77 bits per heavy atom. The van der Waals surface area contributed by atoms with E-state index in [1.807, 2.05) is 0 Å². The van der Waals surface area contributed by atoms with Crippen LogP contribution in [-0.2, 0) is 12.6 Å². The highest BCUT2D eigenvalue weighted by Gasteiger charge is 2.30. The molecule has 0 saturated heterocycles. The molecule has 2 rings (SSSR count). The van der Waals surface area contributed by atoms with Crippen molar-refractivity contribution >= 4 is 5.69 Å². The van der Waals surface area contributed by atoms with Crippen molar-refractivity contribution in [3.63, 3.8) is 0 Å². The van der Waals surface area contributed by atoms with Crippen LogP contribution in [0.2, 0.25) is 0 Å². The molecule has 0 aliphatic heterocycles. The molecule has 0 aliphatic rings. The van der Waals surface area contributed by atoms with Crippen LogP contribution in [0.25, 0.3) is 0 Å². The second-order valence-electron chi connectivity index (χ2n) is 5.20. The number of aryl methyl sites for hydroxylation is 2. The molecule has 0 aromatic heterocycles. The van der Waals surface area contributed by atoms with Gasteiger partial charge in [-0.05, 0) is 49.1 Å². The molecule has 0 unspecified atom stereocenters. The van der Waals surface area contributed by atoms with Crippen molar-refractivity contribution in [2.45, 2.75) is 26.4 Å². The lowest BCUT2D eigenvalue weighted by molar-refractivity contribution is -0.385. The fourth-order valence-corrected chi connectivity index (χ4v) is 2.33. The molecule has 0 bridgehead atoms. The maximum Gasteiger partial charge on any atom is 0.416 e. The van der Waals surface area contributed by atoms with Gasteiger partial charge in [0.2, 0.25) is 0 Å². The van der Waals surface area contributed by atoms with Crippen LogP contribution in [0.3, 0.4) is 0 Å². The Labute approximate surface area is 125 Å². The highest BCUT2D eigenvalue weighted by Crippen LogP contribution is 2.30. The van der Waals surface area contributed by atoms with Crippen LogP contribution in [0.4, 0.5) is 18.9 Å². The molecule has 0 radical (unpaired) electrons. The Hall–Kier alpha value is -2.37. The normalized spacial score (nSPS) is 11.5. The average Bonchev–Trinajstić information content (AvgIpc) is 2.41. The lowest BCUT2D eigenvalue weighted by atomic mass is 9.96. The van der Waals surface area contributed by atoms with Gasteiger partial charge in [0.15, 0.2) is 0 Å². The van der Waals surface area contributed by atoms with Crippen LogP contribution in [0, 0.1) is 24.0 Å². The molecule has 3 nitrogen and oxygen atoms in total. The van der Waals surface area contributed by atoms with E-state index >= 15 is 0 Å². The first-order valence-corrected chi connectivity index (χ1v) is 6.59. The molecule has 22 heavy (non-hydrogen) atoms. The smallest absolute Gasteiger partial charge is 0.258 e. The van der Waals surface area contributed by atoms with Crippen LogP contribution < -0.4 is 0 Å². The van der Waals surface area contributed by atoms with Crippen molar-refractivity contribution in [1.82, 2.24) is 0 Å². The fraction of sp³-hybridized carbons (Fsp3) is 0.250. The van der Waals surface area contributed by atoms with E-state index in [1.165, 1.54) is 12.1 Å². The molecule has 0 N–H and O–H groups in total. The second kappa shape index (κ2) is 5.79. The summed E-state index contributed by atoms with van der Waals surface area (Å²) in [4.78, 5) is 10.4. The molecule has 0 amide bonds. The third-order valence-corrected chi connectivity index (χ3v) is 3.50. The topological polar surface area (TPSA) is 43.1 Å². The average molecular weight is 309 g/mol. The maximum absolute atomic E-state index is 12.7. The number of benzene rings is 2. The molecule has 0 aliphatic carbocycles. The zero-order chi connectivity index (χ0) is 16.5. The number of nitro benzene ring substituents is 1. The van der Waals surface area contributed by atoms with Crippen molar-refractivity contribution < 1.29 is 18.1 Å². The van der Waals surface area contributed by atoms with Crippen LogP contribution in [0.15, 0.2) is 36.4 Å². The Kier molecular flexibility index (Phi) is 4.21.